The summed E-state index contributed by atoms with van der Waals surface area (Å²) in [7, 11) is 0. The second kappa shape index (κ2) is 4.71. The smallest absolute Gasteiger partial charge is 0.111 e. The molecule has 2 rings (SSSR count). The van der Waals surface area contributed by atoms with Crippen LogP contribution in [0.2, 0.25) is 0 Å². The molecule has 0 saturated carbocycles. The van der Waals surface area contributed by atoms with Gasteiger partial charge >= 0.3 is 0 Å². The molecule has 0 bridgehead atoms. The van der Waals surface area contributed by atoms with E-state index in [1.54, 1.807) is 11.9 Å². The molecule has 2 heterocycles. The average molecular weight is 239 g/mol. The molecule has 4 nitrogen and oxygen atoms in total. The van der Waals surface area contributed by atoms with Crippen molar-refractivity contribution in [2.75, 3.05) is 19.6 Å². The summed E-state index contributed by atoms with van der Waals surface area (Å²) in [5.41, 5.74) is 5.99. The summed E-state index contributed by atoms with van der Waals surface area (Å²) in [6, 6.07) is 4.04. The highest BCUT2D eigenvalue weighted by atomic mass is 32.2. The minimum atomic E-state index is -0.711. The Hall–Kier alpha value is -0.620. The first-order chi connectivity index (χ1) is 7.61. The van der Waals surface area contributed by atoms with Crippen molar-refractivity contribution in [3.05, 3.63) is 23.9 Å². The Morgan fingerprint density at radius 1 is 1.62 bits per heavy atom. The van der Waals surface area contributed by atoms with Crippen molar-refractivity contribution in [2.45, 2.75) is 24.0 Å². The molecule has 1 aliphatic heterocycles. The van der Waals surface area contributed by atoms with E-state index in [2.05, 4.69) is 9.29 Å². The zero-order valence-electron chi connectivity index (χ0n) is 9.39. The lowest BCUT2D eigenvalue weighted by Crippen LogP contribution is -2.39. The minimum Gasteiger partial charge on any atom is -0.387 e. The fraction of sp³-hybridized carbons (Fsp3) is 0.545. The Morgan fingerprint density at radius 2 is 2.44 bits per heavy atom. The number of nitrogens with zero attached hydrogens (tertiary/aromatic N) is 2. The van der Waals surface area contributed by atoms with Gasteiger partial charge in [0.25, 0.3) is 0 Å². The maximum atomic E-state index is 9.99. The zero-order chi connectivity index (χ0) is 11.6. The third kappa shape index (κ3) is 2.74. The fourth-order valence-electron chi connectivity index (χ4n) is 1.70. The van der Waals surface area contributed by atoms with E-state index in [4.69, 9.17) is 5.73 Å². The van der Waals surface area contributed by atoms with E-state index in [1.165, 1.54) is 0 Å². The van der Waals surface area contributed by atoms with Crippen molar-refractivity contribution in [3.63, 3.8) is 0 Å². The number of nitrogens with two attached hydrogens (primary N) is 1. The number of rotatable bonds is 3. The van der Waals surface area contributed by atoms with Crippen LogP contribution in [0.25, 0.3) is 0 Å². The normalized spacial score (nSPS) is 26.2. The van der Waals surface area contributed by atoms with Gasteiger partial charge in [0.05, 0.1) is 5.60 Å². The lowest BCUT2D eigenvalue weighted by molar-refractivity contribution is 0.0659. The van der Waals surface area contributed by atoms with Crippen LogP contribution < -0.4 is 5.73 Å². The number of aliphatic hydroxyl groups is 1. The molecule has 1 aliphatic rings. The maximum absolute atomic E-state index is 9.99. The first-order valence-electron chi connectivity index (χ1n) is 5.39. The van der Waals surface area contributed by atoms with Crippen LogP contribution in [-0.4, -0.2) is 39.6 Å². The second-order valence-electron chi connectivity index (χ2n) is 4.31. The molecule has 0 radical (unpaired) electrons. The second-order valence-corrected chi connectivity index (χ2v) is 5.42. The summed E-state index contributed by atoms with van der Waals surface area (Å²) in [5, 5.41) is 11.0. The van der Waals surface area contributed by atoms with Crippen LogP contribution in [0.4, 0.5) is 0 Å². The molecule has 0 spiro atoms. The average Bonchev–Trinajstić information content (AvgIpc) is 2.65. The molecule has 1 unspecified atom stereocenters. The molecule has 0 amide bonds. The van der Waals surface area contributed by atoms with Crippen LogP contribution >= 0.6 is 11.9 Å². The van der Waals surface area contributed by atoms with Gasteiger partial charge in [-0.15, -0.1) is 0 Å². The Balaban J connectivity index is 1.94. The van der Waals surface area contributed by atoms with E-state index in [1.807, 2.05) is 25.3 Å². The molecule has 1 atom stereocenters. The van der Waals surface area contributed by atoms with Crippen molar-refractivity contribution >= 4 is 11.9 Å². The molecule has 1 saturated heterocycles. The van der Waals surface area contributed by atoms with Crippen LogP contribution in [0.3, 0.4) is 0 Å². The lowest BCUT2D eigenvalue weighted by Gasteiger charge is -2.20. The Labute approximate surface area is 100.0 Å². The van der Waals surface area contributed by atoms with Gasteiger partial charge in [0, 0.05) is 25.8 Å². The van der Waals surface area contributed by atoms with Gasteiger partial charge in [-0.25, -0.2) is 9.29 Å². The van der Waals surface area contributed by atoms with Gasteiger partial charge in [-0.2, -0.15) is 0 Å². The molecule has 88 valence electrons. The Morgan fingerprint density at radius 3 is 3.00 bits per heavy atom. The Bertz CT molecular complexity index is 357. The van der Waals surface area contributed by atoms with Gasteiger partial charge in [0.15, 0.2) is 0 Å². The van der Waals surface area contributed by atoms with Gasteiger partial charge in [0.1, 0.15) is 5.03 Å². The molecule has 3 N–H and O–H groups in total. The predicted octanol–water partition coefficient (Wildman–Crippen LogP) is 0.793. The highest BCUT2D eigenvalue weighted by Gasteiger charge is 2.35. The largest absolute Gasteiger partial charge is 0.387 e. The van der Waals surface area contributed by atoms with Gasteiger partial charge in [-0.3, -0.25) is 0 Å². The number of aromatic nitrogens is 1. The predicted molar refractivity (Wildman–Crippen MR) is 65.0 cm³/mol. The number of hydrogen-bond donors (Lipinski definition) is 2. The first kappa shape index (κ1) is 11.9. The first-order valence-corrected chi connectivity index (χ1v) is 6.17. The summed E-state index contributed by atoms with van der Waals surface area (Å²) < 4.78 is 2.12. The van der Waals surface area contributed by atoms with Crippen molar-refractivity contribution in [1.82, 2.24) is 9.29 Å². The van der Waals surface area contributed by atoms with Crippen molar-refractivity contribution in [2.24, 2.45) is 5.73 Å². The van der Waals surface area contributed by atoms with Gasteiger partial charge in [-0.1, -0.05) is 6.07 Å². The molecular formula is C11H17N3OS. The van der Waals surface area contributed by atoms with E-state index in [-0.39, 0.29) is 0 Å². The lowest BCUT2D eigenvalue weighted by atomic mass is 10.1. The Kier molecular flexibility index (Phi) is 3.49. The standard InChI is InChI=1S/C11H17N3OS/c1-9-2-3-10(13-6-9)16-14-5-4-11(15,7-12)8-14/h2-3,6,15H,4-5,7-8,12H2,1H3. The van der Waals surface area contributed by atoms with Crippen LogP contribution in [0.5, 0.6) is 0 Å². The molecular weight excluding hydrogens is 222 g/mol. The molecule has 0 aliphatic carbocycles. The van der Waals surface area contributed by atoms with Crippen LogP contribution in [0, 0.1) is 6.92 Å². The maximum Gasteiger partial charge on any atom is 0.111 e. The molecule has 0 aromatic carbocycles. The molecule has 5 heteroatoms. The summed E-state index contributed by atoms with van der Waals surface area (Å²) in [6.07, 6.45) is 2.59. The van der Waals surface area contributed by atoms with E-state index in [9.17, 15) is 5.11 Å². The summed E-state index contributed by atoms with van der Waals surface area (Å²) in [5.74, 6) is 0. The molecule has 1 aromatic heterocycles. The minimum absolute atomic E-state index is 0.325. The molecule has 1 aromatic rings. The number of aryl methyl sites for hydroxylation is 1. The van der Waals surface area contributed by atoms with Gasteiger partial charge in [0.2, 0.25) is 0 Å². The van der Waals surface area contributed by atoms with E-state index in [0.29, 0.717) is 13.1 Å². The highest BCUT2D eigenvalue weighted by Crippen LogP contribution is 2.29. The third-order valence-corrected chi connectivity index (χ3v) is 3.78. The van der Waals surface area contributed by atoms with Crippen LogP contribution in [0.1, 0.15) is 12.0 Å². The number of pyridine rings is 1. The third-order valence-electron chi connectivity index (χ3n) is 2.78. The van der Waals surface area contributed by atoms with E-state index < -0.39 is 5.60 Å². The molecule has 1 fully saturated rings. The number of β-amino-alcohol motifs (C(OH)–C–C–N with tert-alkyl or cyclic N) is 1. The SMILES string of the molecule is Cc1ccc(SN2CCC(O)(CN)C2)nc1. The van der Waals surface area contributed by atoms with Crippen LogP contribution in [-0.2, 0) is 0 Å². The quantitative estimate of drug-likeness (QED) is 0.764. The van der Waals surface area contributed by atoms with Gasteiger partial charge in [-0.05, 0) is 36.9 Å². The fourth-order valence-corrected chi connectivity index (χ4v) is 2.68. The summed E-state index contributed by atoms with van der Waals surface area (Å²) in [6.45, 7) is 3.81. The van der Waals surface area contributed by atoms with Gasteiger partial charge < -0.3 is 10.8 Å². The van der Waals surface area contributed by atoms with E-state index in [0.717, 1.165) is 23.6 Å². The molecule has 16 heavy (non-hydrogen) atoms. The van der Waals surface area contributed by atoms with E-state index >= 15 is 0 Å². The monoisotopic (exact) mass is 239 g/mol. The van der Waals surface area contributed by atoms with Crippen molar-refractivity contribution < 1.29 is 5.11 Å². The summed E-state index contributed by atoms with van der Waals surface area (Å²) in [4.78, 5) is 4.32. The number of hydrogen-bond acceptors (Lipinski definition) is 5. The zero-order valence-corrected chi connectivity index (χ0v) is 10.2. The topological polar surface area (TPSA) is 62.4 Å². The van der Waals surface area contributed by atoms with Crippen molar-refractivity contribution in [1.29, 1.82) is 0 Å². The highest BCUT2D eigenvalue weighted by molar-refractivity contribution is 7.97. The summed E-state index contributed by atoms with van der Waals surface area (Å²) >= 11 is 1.58. The van der Waals surface area contributed by atoms with Crippen molar-refractivity contribution in [3.8, 4) is 0 Å². The van der Waals surface area contributed by atoms with Crippen LogP contribution in [0.15, 0.2) is 23.4 Å².